The van der Waals surface area contributed by atoms with Crippen LogP contribution in [0.1, 0.15) is 5.82 Å². The van der Waals surface area contributed by atoms with E-state index in [4.69, 9.17) is 0 Å². The number of phenolic OH excluding ortho intramolecular Hbond substituents is 1. The molecule has 0 unspecified atom stereocenters. The van der Waals surface area contributed by atoms with E-state index in [-0.39, 0.29) is 17.1 Å². The Morgan fingerprint density at radius 2 is 2.00 bits per heavy atom. The number of allylic oxidation sites excluding steroid dienone is 1. The fourth-order valence-corrected chi connectivity index (χ4v) is 3.47. The fourth-order valence-electron chi connectivity index (χ4n) is 2.99. The molecule has 0 aliphatic carbocycles. The van der Waals surface area contributed by atoms with Gasteiger partial charge in [0.25, 0.3) is 0 Å². The van der Waals surface area contributed by atoms with E-state index < -0.39 is 0 Å². The number of anilines is 1. The Morgan fingerprint density at radius 3 is 2.79 bits per heavy atom. The fraction of sp³-hybridized carbons (Fsp3) is 0. The van der Waals surface area contributed by atoms with Crippen molar-refractivity contribution in [2.45, 2.75) is 0 Å². The molecule has 0 spiro atoms. The van der Waals surface area contributed by atoms with Crippen molar-refractivity contribution in [3.05, 3.63) is 71.1 Å². The highest BCUT2D eigenvalue weighted by atomic mass is 79.9. The molecule has 3 N–H and O–H groups in total. The summed E-state index contributed by atoms with van der Waals surface area (Å²) in [6, 6.07) is 19.1. The quantitative estimate of drug-likeness (QED) is 0.410. The van der Waals surface area contributed by atoms with Gasteiger partial charge in [-0.25, -0.2) is 0 Å². The number of aromatic amines is 1. The van der Waals surface area contributed by atoms with E-state index in [9.17, 15) is 10.4 Å². The molecule has 4 aromatic rings. The number of phenols is 1. The minimum Gasteiger partial charge on any atom is -0.507 e. The number of H-pyrrole nitrogens is 1. The van der Waals surface area contributed by atoms with Crippen molar-refractivity contribution >= 4 is 38.0 Å². The van der Waals surface area contributed by atoms with E-state index in [1.807, 2.05) is 54.6 Å². The summed E-state index contributed by atoms with van der Waals surface area (Å²) < 4.78 is 0.777. The van der Waals surface area contributed by atoms with Crippen LogP contribution in [0.15, 0.2) is 65.3 Å². The molecular formula is C20H13BrN6O. The van der Waals surface area contributed by atoms with Crippen molar-refractivity contribution in [1.29, 1.82) is 5.26 Å². The molecule has 0 aliphatic rings. The number of aromatic nitrogens is 4. The largest absolute Gasteiger partial charge is 0.507 e. The molecule has 0 atom stereocenters. The lowest BCUT2D eigenvalue weighted by atomic mass is 9.96. The molecule has 0 saturated heterocycles. The Bertz CT molecular complexity index is 1230. The van der Waals surface area contributed by atoms with Gasteiger partial charge in [-0.15, -0.1) is 10.2 Å². The van der Waals surface area contributed by atoms with Crippen LogP contribution in [0.2, 0.25) is 0 Å². The average Bonchev–Trinajstić information content (AvgIpc) is 3.24. The third kappa shape index (κ3) is 3.19. The molecule has 136 valence electrons. The van der Waals surface area contributed by atoms with Gasteiger partial charge in [-0.1, -0.05) is 42.5 Å². The van der Waals surface area contributed by atoms with E-state index in [0.29, 0.717) is 11.3 Å². The van der Waals surface area contributed by atoms with Gasteiger partial charge in [0.15, 0.2) is 0 Å². The summed E-state index contributed by atoms with van der Waals surface area (Å²) in [5.41, 5.74) is 2.40. The van der Waals surface area contributed by atoms with Crippen LogP contribution >= 0.6 is 15.9 Å². The third-order valence-electron chi connectivity index (χ3n) is 4.26. The molecular weight excluding hydrogens is 420 g/mol. The molecule has 0 radical (unpaired) electrons. The first kappa shape index (κ1) is 17.7. The molecule has 1 aromatic heterocycles. The average molecular weight is 433 g/mol. The maximum atomic E-state index is 10.6. The highest BCUT2D eigenvalue weighted by molar-refractivity contribution is 9.10. The highest BCUT2D eigenvalue weighted by Crippen LogP contribution is 2.42. The number of rotatable bonds is 4. The molecule has 8 heteroatoms. The van der Waals surface area contributed by atoms with E-state index in [2.05, 4.69) is 41.9 Å². The SMILES string of the molecule is N#CC(=CNc1c(Br)cccc1-c1c(O)ccc2ccccc12)c1nn[nH]n1. The zero-order valence-electron chi connectivity index (χ0n) is 14.4. The monoisotopic (exact) mass is 432 g/mol. The summed E-state index contributed by atoms with van der Waals surface area (Å²) in [6.45, 7) is 0. The lowest BCUT2D eigenvalue weighted by Crippen LogP contribution is -1.97. The van der Waals surface area contributed by atoms with Gasteiger partial charge in [-0.3, -0.25) is 0 Å². The van der Waals surface area contributed by atoms with Crippen molar-refractivity contribution in [3.8, 4) is 22.9 Å². The van der Waals surface area contributed by atoms with Crippen molar-refractivity contribution in [3.63, 3.8) is 0 Å². The number of nitrogens with zero attached hydrogens (tertiary/aromatic N) is 4. The Morgan fingerprint density at radius 1 is 1.14 bits per heavy atom. The number of aromatic hydroxyl groups is 1. The molecule has 1 heterocycles. The van der Waals surface area contributed by atoms with Crippen molar-refractivity contribution < 1.29 is 5.11 Å². The Hall–Kier alpha value is -3.70. The summed E-state index contributed by atoms with van der Waals surface area (Å²) in [6.07, 6.45) is 1.51. The van der Waals surface area contributed by atoms with Crippen LogP contribution in [0.5, 0.6) is 5.75 Å². The highest BCUT2D eigenvalue weighted by Gasteiger charge is 2.15. The lowest BCUT2D eigenvalue weighted by Gasteiger charge is -2.15. The van der Waals surface area contributed by atoms with Crippen molar-refractivity contribution in [1.82, 2.24) is 20.6 Å². The summed E-state index contributed by atoms with van der Waals surface area (Å²) in [5.74, 6) is 0.360. The number of para-hydroxylation sites is 1. The number of tetrazole rings is 1. The first-order valence-electron chi connectivity index (χ1n) is 8.29. The van der Waals surface area contributed by atoms with Crippen LogP contribution in [0.3, 0.4) is 0 Å². The molecule has 0 fully saturated rings. The molecule has 0 amide bonds. The Balaban J connectivity index is 1.87. The van der Waals surface area contributed by atoms with Gasteiger partial charge in [-0.2, -0.15) is 10.5 Å². The maximum Gasteiger partial charge on any atom is 0.216 e. The zero-order chi connectivity index (χ0) is 19.5. The number of fused-ring (bicyclic) bond motifs is 1. The number of hydrogen-bond donors (Lipinski definition) is 3. The van der Waals surface area contributed by atoms with E-state index in [0.717, 1.165) is 20.8 Å². The molecule has 28 heavy (non-hydrogen) atoms. The smallest absolute Gasteiger partial charge is 0.216 e. The maximum absolute atomic E-state index is 10.6. The van der Waals surface area contributed by atoms with E-state index in [1.54, 1.807) is 6.07 Å². The van der Waals surface area contributed by atoms with Crippen LogP contribution in [-0.2, 0) is 0 Å². The van der Waals surface area contributed by atoms with Crippen LogP contribution in [0.25, 0.3) is 27.5 Å². The van der Waals surface area contributed by atoms with E-state index in [1.165, 1.54) is 6.20 Å². The third-order valence-corrected chi connectivity index (χ3v) is 4.92. The van der Waals surface area contributed by atoms with Crippen LogP contribution < -0.4 is 5.32 Å². The first-order valence-corrected chi connectivity index (χ1v) is 9.08. The lowest BCUT2D eigenvalue weighted by molar-refractivity contribution is 0.478. The van der Waals surface area contributed by atoms with E-state index >= 15 is 0 Å². The minimum atomic E-state index is 0.169. The van der Waals surface area contributed by atoms with Crippen LogP contribution in [-0.4, -0.2) is 25.7 Å². The normalized spacial score (nSPS) is 11.4. The number of benzene rings is 3. The second-order valence-electron chi connectivity index (χ2n) is 5.89. The van der Waals surface area contributed by atoms with Crippen LogP contribution in [0, 0.1) is 11.3 Å². The molecule has 0 bridgehead atoms. The van der Waals surface area contributed by atoms with Gasteiger partial charge in [0, 0.05) is 21.8 Å². The summed E-state index contributed by atoms with van der Waals surface area (Å²) in [5, 5.41) is 38.5. The topological polar surface area (TPSA) is 111 Å². The van der Waals surface area contributed by atoms with Gasteiger partial charge in [0.05, 0.1) is 5.69 Å². The van der Waals surface area contributed by atoms with Gasteiger partial charge in [0.1, 0.15) is 17.4 Å². The van der Waals surface area contributed by atoms with Gasteiger partial charge in [0.2, 0.25) is 5.82 Å². The van der Waals surface area contributed by atoms with Crippen LogP contribution in [0.4, 0.5) is 5.69 Å². The molecule has 3 aromatic carbocycles. The summed E-state index contributed by atoms with van der Waals surface area (Å²) in [7, 11) is 0. The number of nitrogens with one attached hydrogen (secondary N) is 2. The first-order chi connectivity index (χ1) is 13.7. The van der Waals surface area contributed by atoms with Crippen molar-refractivity contribution in [2.24, 2.45) is 0 Å². The zero-order valence-corrected chi connectivity index (χ0v) is 16.0. The summed E-state index contributed by atoms with van der Waals surface area (Å²) >= 11 is 3.55. The molecule has 4 rings (SSSR count). The van der Waals surface area contributed by atoms with Crippen molar-refractivity contribution in [2.75, 3.05) is 5.32 Å². The number of hydrogen-bond acceptors (Lipinski definition) is 6. The van der Waals surface area contributed by atoms with Gasteiger partial charge >= 0.3 is 0 Å². The Labute approximate surface area is 168 Å². The Kier molecular flexibility index (Phi) is 4.74. The van der Waals surface area contributed by atoms with Gasteiger partial charge < -0.3 is 10.4 Å². The predicted molar refractivity (Wildman–Crippen MR) is 110 cm³/mol. The minimum absolute atomic E-state index is 0.169. The standard InChI is InChI=1S/C20H13BrN6O/c21-16-7-3-6-15(18-14-5-2-1-4-12(14)8-9-17(18)28)19(16)23-11-13(10-22)20-24-26-27-25-20/h1-9,11,23,28H,(H,24,25,26,27). The molecule has 7 nitrogen and oxygen atoms in total. The second-order valence-corrected chi connectivity index (χ2v) is 6.75. The number of halogens is 1. The number of nitriles is 1. The summed E-state index contributed by atoms with van der Waals surface area (Å²) in [4.78, 5) is 0. The second kappa shape index (κ2) is 7.50. The van der Waals surface area contributed by atoms with Gasteiger partial charge in [-0.05, 0) is 44.0 Å². The molecule has 0 saturated carbocycles. The predicted octanol–water partition coefficient (Wildman–Crippen LogP) is 4.46. The molecule has 0 aliphatic heterocycles.